The highest BCUT2D eigenvalue weighted by atomic mass is 19.1. The lowest BCUT2D eigenvalue weighted by Crippen LogP contribution is -2.54. The number of amides is 3. The summed E-state index contributed by atoms with van der Waals surface area (Å²) >= 11 is 0. The lowest BCUT2D eigenvalue weighted by atomic mass is 10.1. The van der Waals surface area contributed by atoms with Gasteiger partial charge in [0.2, 0.25) is 17.7 Å². The summed E-state index contributed by atoms with van der Waals surface area (Å²) in [6.07, 6.45) is 0.00374. The molecule has 1 fully saturated rings. The molecule has 0 radical (unpaired) electrons. The van der Waals surface area contributed by atoms with Gasteiger partial charge in [0.1, 0.15) is 5.82 Å². The summed E-state index contributed by atoms with van der Waals surface area (Å²) in [7, 11) is 0. The molecule has 0 saturated carbocycles. The summed E-state index contributed by atoms with van der Waals surface area (Å²) in [5.41, 5.74) is 6.11. The minimum absolute atomic E-state index is 0.00374. The topological polar surface area (TPSA) is 95.7 Å². The van der Waals surface area contributed by atoms with Gasteiger partial charge in [-0.2, -0.15) is 0 Å². The Balaban J connectivity index is 1.77. The molecule has 8 heteroatoms. The zero-order valence-corrected chi connectivity index (χ0v) is 15.8. The summed E-state index contributed by atoms with van der Waals surface area (Å²) in [6, 6.07) is 5.56. The van der Waals surface area contributed by atoms with Crippen LogP contribution in [0, 0.1) is 11.7 Å². The van der Waals surface area contributed by atoms with Gasteiger partial charge in [0.25, 0.3) is 0 Å². The van der Waals surface area contributed by atoms with Gasteiger partial charge in [-0.25, -0.2) is 4.39 Å². The molecule has 1 aromatic carbocycles. The van der Waals surface area contributed by atoms with Crippen molar-refractivity contribution < 1.29 is 18.8 Å². The fourth-order valence-corrected chi connectivity index (χ4v) is 2.82. The van der Waals surface area contributed by atoms with Crippen LogP contribution in [0.5, 0.6) is 0 Å². The highest BCUT2D eigenvalue weighted by molar-refractivity contribution is 5.87. The molecule has 1 aliphatic rings. The number of benzene rings is 1. The molecule has 1 aromatic rings. The number of carbonyl (C=O) groups is 3. The normalized spacial score (nSPS) is 15.6. The predicted octanol–water partition coefficient (Wildman–Crippen LogP) is 0.139. The Hall–Kier alpha value is -2.48. The number of hydrogen-bond acceptors (Lipinski definition) is 4. The summed E-state index contributed by atoms with van der Waals surface area (Å²) in [5, 5.41) is 2.56. The fourth-order valence-electron chi connectivity index (χ4n) is 2.82. The molecule has 3 N–H and O–H groups in total. The van der Waals surface area contributed by atoms with Gasteiger partial charge >= 0.3 is 0 Å². The number of rotatable bonds is 6. The molecule has 0 bridgehead atoms. The van der Waals surface area contributed by atoms with E-state index in [0.29, 0.717) is 31.7 Å². The third kappa shape index (κ3) is 5.75. The van der Waals surface area contributed by atoms with Gasteiger partial charge in [0.15, 0.2) is 0 Å². The standard InChI is InChI=1S/C19H27FN4O3/c1-13(2)18(21)19(27)22-12-17(26)24-9-7-23(8-10-24)16(25)11-14-5-3-4-6-15(14)20/h3-6,13,18H,7-12,21H2,1-2H3,(H,22,27)/t18-/m0/s1. The first-order valence-electron chi connectivity index (χ1n) is 9.12. The Morgan fingerprint density at radius 3 is 2.19 bits per heavy atom. The zero-order chi connectivity index (χ0) is 20.0. The van der Waals surface area contributed by atoms with Crippen LogP contribution in [-0.2, 0) is 20.8 Å². The number of nitrogens with two attached hydrogens (primary N) is 1. The molecule has 7 nitrogen and oxygen atoms in total. The molecule has 148 valence electrons. The van der Waals surface area contributed by atoms with Crippen molar-refractivity contribution in [2.24, 2.45) is 11.7 Å². The van der Waals surface area contributed by atoms with E-state index in [-0.39, 0.29) is 36.6 Å². The number of nitrogens with zero attached hydrogens (tertiary/aromatic N) is 2. The molecular formula is C19H27FN4O3. The van der Waals surface area contributed by atoms with E-state index >= 15 is 0 Å². The SMILES string of the molecule is CC(C)[C@H](N)C(=O)NCC(=O)N1CCN(C(=O)Cc2ccccc2F)CC1. The van der Waals surface area contributed by atoms with Crippen LogP contribution in [0.25, 0.3) is 0 Å². The molecule has 0 aromatic heterocycles. The largest absolute Gasteiger partial charge is 0.346 e. The van der Waals surface area contributed by atoms with E-state index in [1.807, 2.05) is 13.8 Å². The van der Waals surface area contributed by atoms with Crippen molar-refractivity contribution in [3.63, 3.8) is 0 Å². The van der Waals surface area contributed by atoms with Crippen LogP contribution < -0.4 is 11.1 Å². The second-order valence-electron chi connectivity index (χ2n) is 7.02. The molecule has 0 aliphatic carbocycles. The second-order valence-corrected chi connectivity index (χ2v) is 7.02. The molecule has 0 unspecified atom stereocenters. The minimum atomic E-state index is -0.648. The Labute approximate surface area is 158 Å². The zero-order valence-electron chi connectivity index (χ0n) is 15.8. The third-order valence-corrected chi connectivity index (χ3v) is 4.72. The van der Waals surface area contributed by atoms with Crippen molar-refractivity contribution in [1.82, 2.24) is 15.1 Å². The summed E-state index contributed by atoms with van der Waals surface area (Å²) in [4.78, 5) is 39.6. The molecule has 0 spiro atoms. The van der Waals surface area contributed by atoms with Gasteiger partial charge in [0, 0.05) is 26.2 Å². The Kier molecular flexibility index (Phi) is 7.29. The molecule has 3 amide bonds. The number of carbonyl (C=O) groups excluding carboxylic acids is 3. The van der Waals surface area contributed by atoms with Crippen molar-refractivity contribution in [2.45, 2.75) is 26.3 Å². The van der Waals surface area contributed by atoms with Crippen molar-refractivity contribution >= 4 is 17.7 Å². The number of nitrogens with one attached hydrogen (secondary N) is 1. The van der Waals surface area contributed by atoms with Crippen molar-refractivity contribution in [1.29, 1.82) is 0 Å². The van der Waals surface area contributed by atoms with E-state index in [1.165, 1.54) is 6.07 Å². The molecule has 2 rings (SSSR count). The van der Waals surface area contributed by atoms with E-state index in [4.69, 9.17) is 5.73 Å². The highest BCUT2D eigenvalue weighted by Gasteiger charge is 2.25. The number of halogens is 1. The van der Waals surface area contributed by atoms with Crippen molar-refractivity contribution in [3.8, 4) is 0 Å². The minimum Gasteiger partial charge on any atom is -0.346 e. The fraction of sp³-hybridized carbons (Fsp3) is 0.526. The van der Waals surface area contributed by atoms with Crippen molar-refractivity contribution in [3.05, 3.63) is 35.6 Å². The first-order chi connectivity index (χ1) is 12.8. The van der Waals surface area contributed by atoms with Gasteiger partial charge < -0.3 is 20.9 Å². The average molecular weight is 378 g/mol. The smallest absolute Gasteiger partial charge is 0.242 e. The van der Waals surface area contributed by atoms with Crippen LogP contribution in [0.15, 0.2) is 24.3 Å². The lowest BCUT2D eigenvalue weighted by Gasteiger charge is -2.35. The van der Waals surface area contributed by atoms with E-state index in [0.717, 1.165) is 0 Å². The molecule has 27 heavy (non-hydrogen) atoms. The average Bonchev–Trinajstić information content (AvgIpc) is 2.66. The van der Waals surface area contributed by atoms with Crippen LogP contribution in [-0.4, -0.2) is 66.3 Å². The van der Waals surface area contributed by atoms with E-state index < -0.39 is 11.9 Å². The lowest BCUT2D eigenvalue weighted by molar-refractivity contribution is -0.139. The molecule has 1 heterocycles. The second kappa shape index (κ2) is 9.45. The molecular weight excluding hydrogens is 351 g/mol. The summed E-state index contributed by atoms with van der Waals surface area (Å²) in [5.74, 6) is -1.12. The van der Waals surface area contributed by atoms with Crippen LogP contribution in [0.1, 0.15) is 19.4 Å². The Bertz CT molecular complexity index is 687. The van der Waals surface area contributed by atoms with Crippen LogP contribution in [0.4, 0.5) is 4.39 Å². The molecule has 1 aliphatic heterocycles. The van der Waals surface area contributed by atoms with E-state index in [9.17, 15) is 18.8 Å². The summed E-state index contributed by atoms with van der Waals surface area (Å²) in [6.45, 7) is 5.11. The van der Waals surface area contributed by atoms with Gasteiger partial charge in [-0.3, -0.25) is 14.4 Å². The first kappa shape index (κ1) is 20.8. The van der Waals surface area contributed by atoms with Crippen LogP contribution in [0.3, 0.4) is 0 Å². The predicted molar refractivity (Wildman–Crippen MR) is 99.1 cm³/mol. The number of hydrogen-bond donors (Lipinski definition) is 2. The number of piperazine rings is 1. The Morgan fingerprint density at radius 2 is 1.63 bits per heavy atom. The van der Waals surface area contributed by atoms with Crippen LogP contribution >= 0.6 is 0 Å². The quantitative estimate of drug-likeness (QED) is 0.736. The first-order valence-corrected chi connectivity index (χ1v) is 9.12. The van der Waals surface area contributed by atoms with Gasteiger partial charge in [0.05, 0.1) is 19.0 Å². The Morgan fingerprint density at radius 1 is 1.07 bits per heavy atom. The third-order valence-electron chi connectivity index (χ3n) is 4.72. The van der Waals surface area contributed by atoms with E-state index in [2.05, 4.69) is 5.32 Å². The highest BCUT2D eigenvalue weighted by Crippen LogP contribution is 2.10. The maximum Gasteiger partial charge on any atom is 0.242 e. The van der Waals surface area contributed by atoms with Crippen LogP contribution in [0.2, 0.25) is 0 Å². The van der Waals surface area contributed by atoms with E-state index in [1.54, 1.807) is 28.0 Å². The van der Waals surface area contributed by atoms with Gasteiger partial charge in [-0.1, -0.05) is 32.0 Å². The van der Waals surface area contributed by atoms with Gasteiger partial charge in [-0.05, 0) is 17.5 Å². The molecule has 1 saturated heterocycles. The molecule has 1 atom stereocenters. The maximum absolute atomic E-state index is 13.7. The maximum atomic E-state index is 13.7. The van der Waals surface area contributed by atoms with Crippen molar-refractivity contribution in [2.75, 3.05) is 32.7 Å². The monoisotopic (exact) mass is 378 g/mol. The summed E-state index contributed by atoms with van der Waals surface area (Å²) < 4.78 is 13.7. The van der Waals surface area contributed by atoms with Gasteiger partial charge in [-0.15, -0.1) is 0 Å².